The highest BCUT2D eigenvalue weighted by Crippen LogP contribution is 2.33. The summed E-state index contributed by atoms with van der Waals surface area (Å²) in [5.41, 5.74) is 2.04. The smallest absolute Gasteiger partial charge is 0.263 e. The monoisotopic (exact) mass is 490 g/mol. The van der Waals surface area contributed by atoms with E-state index in [9.17, 15) is 10.1 Å². The van der Waals surface area contributed by atoms with Gasteiger partial charge in [-0.15, -0.1) is 23.7 Å². The van der Waals surface area contributed by atoms with Crippen LogP contribution >= 0.6 is 23.7 Å². The molecule has 1 aliphatic carbocycles. The van der Waals surface area contributed by atoms with Gasteiger partial charge in [-0.05, 0) is 58.0 Å². The van der Waals surface area contributed by atoms with Gasteiger partial charge in [-0.1, -0.05) is 33.1 Å². The topological polar surface area (TPSA) is 78.2 Å². The number of hydrogen-bond acceptors (Lipinski definition) is 6. The molecule has 3 rings (SSSR count). The van der Waals surface area contributed by atoms with Crippen LogP contribution in [0.5, 0.6) is 5.75 Å². The van der Waals surface area contributed by atoms with Gasteiger partial charge in [0.05, 0.1) is 17.9 Å². The molecule has 1 heterocycles. The Morgan fingerprint density at radius 3 is 2.61 bits per heavy atom. The van der Waals surface area contributed by atoms with Crippen LogP contribution < -0.4 is 10.1 Å². The molecule has 33 heavy (non-hydrogen) atoms. The lowest BCUT2D eigenvalue weighted by Crippen LogP contribution is -2.53. The van der Waals surface area contributed by atoms with Gasteiger partial charge < -0.3 is 15.0 Å². The largest absolute Gasteiger partial charge is 0.492 e. The summed E-state index contributed by atoms with van der Waals surface area (Å²) in [6.45, 7) is 7.21. The van der Waals surface area contributed by atoms with E-state index in [0.717, 1.165) is 23.4 Å². The molecule has 0 radical (unpaired) electrons. The molecule has 1 N–H and O–H groups in total. The summed E-state index contributed by atoms with van der Waals surface area (Å²) in [5, 5.41) is 13.5. The fraction of sp³-hybridized carbons (Fsp3) is 0.560. The van der Waals surface area contributed by atoms with Gasteiger partial charge in [0.25, 0.3) is 5.91 Å². The molecule has 180 valence electrons. The van der Waals surface area contributed by atoms with Gasteiger partial charge in [0.2, 0.25) is 0 Å². The lowest BCUT2D eigenvalue weighted by atomic mass is 9.80. The van der Waals surface area contributed by atoms with E-state index in [0.29, 0.717) is 41.0 Å². The van der Waals surface area contributed by atoms with Gasteiger partial charge in [-0.3, -0.25) is 4.79 Å². The minimum Gasteiger partial charge on any atom is -0.492 e. The number of nitriles is 1. The number of nitrogens with zero attached hydrogens (tertiary/aromatic N) is 3. The van der Waals surface area contributed by atoms with Crippen LogP contribution in [0.15, 0.2) is 18.2 Å². The molecule has 1 aromatic heterocycles. The number of ether oxygens (including phenoxy) is 1. The van der Waals surface area contributed by atoms with Crippen LogP contribution in [-0.2, 0) is 0 Å². The molecule has 2 aromatic rings. The van der Waals surface area contributed by atoms with Gasteiger partial charge in [-0.2, -0.15) is 5.26 Å². The highest BCUT2D eigenvalue weighted by atomic mass is 35.5. The van der Waals surface area contributed by atoms with Crippen molar-refractivity contribution in [3.05, 3.63) is 34.3 Å². The Morgan fingerprint density at radius 2 is 2.00 bits per heavy atom. The average Bonchev–Trinajstić information content (AvgIpc) is 3.18. The van der Waals surface area contributed by atoms with Crippen molar-refractivity contribution in [2.45, 2.75) is 58.4 Å². The molecule has 6 nitrogen and oxygen atoms in total. The van der Waals surface area contributed by atoms with E-state index in [1.807, 2.05) is 19.1 Å². The fourth-order valence-electron chi connectivity index (χ4n) is 4.18. The first-order chi connectivity index (χ1) is 15.3. The number of carbonyl (C=O) groups is 1. The maximum absolute atomic E-state index is 13.0. The zero-order valence-corrected chi connectivity index (χ0v) is 21.9. The molecule has 0 atom stereocenters. The van der Waals surface area contributed by atoms with Gasteiger partial charge in [0.15, 0.2) is 0 Å². The number of amides is 1. The maximum Gasteiger partial charge on any atom is 0.263 e. The predicted molar refractivity (Wildman–Crippen MR) is 136 cm³/mol. The molecule has 1 fully saturated rings. The van der Waals surface area contributed by atoms with Crippen molar-refractivity contribution in [2.75, 3.05) is 27.2 Å². The second kappa shape index (κ2) is 11.8. The number of carbonyl (C=O) groups excluding carboxylic acids is 1. The van der Waals surface area contributed by atoms with Gasteiger partial charge in [0.1, 0.15) is 21.7 Å². The minimum absolute atomic E-state index is 0. The molecule has 1 aliphatic rings. The first-order valence-corrected chi connectivity index (χ1v) is 12.2. The fourth-order valence-corrected chi connectivity index (χ4v) is 5.16. The van der Waals surface area contributed by atoms with Crippen LogP contribution in [-0.4, -0.2) is 48.6 Å². The third-order valence-corrected chi connectivity index (χ3v) is 7.44. The molecule has 0 unspecified atom stereocenters. The molecule has 0 aliphatic heterocycles. The van der Waals surface area contributed by atoms with Crippen molar-refractivity contribution in [2.24, 2.45) is 5.92 Å². The number of rotatable bonds is 8. The number of aromatic nitrogens is 1. The Kier molecular flexibility index (Phi) is 9.71. The Hall–Kier alpha value is -2.14. The van der Waals surface area contributed by atoms with Crippen molar-refractivity contribution < 1.29 is 9.53 Å². The molecule has 1 saturated carbocycles. The van der Waals surface area contributed by atoms with E-state index in [-0.39, 0.29) is 23.9 Å². The Bertz CT molecular complexity index is 991. The number of aryl methyl sites for hydroxylation is 1. The van der Waals surface area contributed by atoms with Crippen LogP contribution in [0.1, 0.15) is 66.9 Å². The molecule has 0 saturated heterocycles. The van der Waals surface area contributed by atoms with Crippen LogP contribution in [0.3, 0.4) is 0 Å². The van der Waals surface area contributed by atoms with Gasteiger partial charge >= 0.3 is 0 Å². The Balaban J connectivity index is 0.00000385. The Morgan fingerprint density at radius 1 is 1.30 bits per heavy atom. The van der Waals surface area contributed by atoms with Crippen molar-refractivity contribution in [3.63, 3.8) is 0 Å². The lowest BCUT2D eigenvalue weighted by molar-refractivity contribution is 0.0802. The van der Waals surface area contributed by atoms with E-state index in [2.05, 4.69) is 49.2 Å². The van der Waals surface area contributed by atoms with Crippen molar-refractivity contribution >= 4 is 29.7 Å². The van der Waals surface area contributed by atoms with Crippen molar-refractivity contribution in [1.29, 1.82) is 5.26 Å². The number of hydrogen-bond donors (Lipinski definition) is 1. The average molecular weight is 491 g/mol. The van der Waals surface area contributed by atoms with E-state index >= 15 is 0 Å². The highest BCUT2D eigenvalue weighted by molar-refractivity contribution is 7.17. The summed E-state index contributed by atoms with van der Waals surface area (Å²) in [4.78, 5) is 20.5. The number of thiazole rings is 1. The zero-order chi connectivity index (χ0) is 23.3. The number of likely N-dealkylation sites (N-methyl/N-ethyl adjacent to an activating group) is 1. The number of halogens is 1. The zero-order valence-electron chi connectivity index (χ0n) is 20.2. The summed E-state index contributed by atoms with van der Waals surface area (Å²) < 4.78 is 5.76. The molecular weight excluding hydrogens is 456 g/mol. The van der Waals surface area contributed by atoms with E-state index in [1.54, 1.807) is 6.07 Å². The summed E-state index contributed by atoms with van der Waals surface area (Å²) >= 11 is 1.37. The molecule has 1 aromatic carbocycles. The Labute approximate surface area is 207 Å². The molecular formula is C25H35ClN4O2S. The summed E-state index contributed by atoms with van der Waals surface area (Å²) in [5.74, 6) is 0.886. The van der Waals surface area contributed by atoms with Crippen LogP contribution in [0.2, 0.25) is 0 Å². The van der Waals surface area contributed by atoms with Crippen molar-refractivity contribution in [3.8, 4) is 22.4 Å². The predicted octanol–water partition coefficient (Wildman–Crippen LogP) is 5.44. The third kappa shape index (κ3) is 6.47. The second-order valence-electron chi connectivity index (χ2n) is 9.32. The van der Waals surface area contributed by atoms with Gasteiger partial charge in [-0.25, -0.2) is 4.98 Å². The minimum atomic E-state index is -0.0737. The third-order valence-electron chi connectivity index (χ3n) is 6.23. The van der Waals surface area contributed by atoms with Gasteiger partial charge in [0, 0.05) is 17.6 Å². The number of benzene rings is 1. The summed E-state index contributed by atoms with van der Waals surface area (Å²) in [7, 11) is 4.21. The van der Waals surface area contributed by atoms with E-state index in [1.165, 1.54) is 30.6 Å². The molecule has 0 spiro atoms. The maximum atomic E-state index is 13.0. The highest BCUT2D eigenvalue weighted by Gasteiger charge is 2.34. The summed E-state index contributed by atoms with van der Waals surface area (Å²) in [6.07, 6.45) is 5.89. The summed E-state index contributed by atoms with van der Waals surface area (Å²) in [6, 6.07) is 7.72. The van der Waals surface area contributed by atoms with E-state index < -0.39 is 0 Å². The van der Waals surface area contributed by atoms with Crippen LogP contribution in [0.25, 0.3) is 10.6 Å². The second-order valence-corrected chi connectivity index (χ2v) is 10.3. The normalized spacial score (nSPS) is 15.1. The first kappa shape index (κ1) is 27.1. The van der Waals surface area contributed by atoms with Crippen LogP contribution in [0, 0.1) is 24.2 Å². The lowest BCUT2D eigenvalue weighted by Gasteiger charge is -2.43. The molecule has 0 bridgehead atoms. The number of nitrogens with one attached hydrogen (secondary N) is 1. The van der Waals surface area contributed by atoms with E-state index in [4.69, 9.17) is 4.74 Å². The van der Waals surface area contributed by atoms with Crippen molar-refractivity contribution in [1.82, 2.24) is 15.2 Å². The standard InChI is InChI=1S/C25H34N4O2S.ClH/c1-17(2)15-31-21-10-9-19(13-20(21)14-26)24-28-18(3)22(32-24)23(30)27-16-25(29(4)5)11-7-6-8-12-25;/h9-10,13,17H,6-8,11-12,15-16H2,1-5H3,(H,27,30);1H. The quantitative estimate of drug-likeness (QED) is 0.533. The first-order valence-electron chi connectivity index (χ1n) is 11.4. The van der Waals surface area contributed by atoms with Crippen LogP contribution in [0.4, 0.5) is 0 Å². The molecule has 1 amide bonds. The SMILES string of the molecule is Cc1nc(-c2ccc(OCC(C)C)c(C#N)c2)sc1C(=O)NCC1(N(C)C)CCCCC1.Cl. The molecule has 8 heteroatoms.